The molecule has 0 aliphatic heterocycles. The Bertz CT molecular complexity index is 560. The second-order valence-corrected chi connectivity index (χ2v) is 5.67. The molecule has 0 N–H and O–H groups in total. The molecule has 3 heteroatoms. The van der Waals surface area contributed by atoms with Gasteiger partial charge in [0.15, 0.2) is 0 Å². The van der Waals surface area contributed by atoms with Crippen LogP contribution in [0.3, 0.4) is 0 Å². The van der Waals surface area contributed by atoms with E-state index >= 15 is 0 Å². The van der Waals surface area contributed by atoms with E-state index in [1.165, 1.54) is 21.0 Å². The van der Waals surface area contributed by atoms with Crippen LogP contribution in [-0.2, 0) is 6.66 Å². The third kappa shape index (κ3) is 2.58. The fourth-order valence-corrected chi connectivity index (χ4v) is 4.11. The molecule has 0 nitrogen and oxygen atoms in total. The van der Waals surface area contributed by atoms with E-state index in [1.54, 1.807) is 0 Å². The average Bonchev–Trinajstić information content (AvgIpc) is 2.55. The molecule has 3 aromatic rings. The molecule has 0 unspecified atom stereocenters. The summed E-state index contributed by atoms with van der Waals surface area (Å²) in [4.78, 5) is 0. The first-order valence-corrected chi connectivity index (χ1v) is 6.59. The van der Waals surface area contributed by atoms with Crippen molar-refractivity contribution in [2.75, 3.05) is 0 Å². The smallest absolute Gasteiger partial charge is 0.00211 e. The van der Waals surface area contributed by atoms with Crippen LogP contribution >= 0.6 is 7.53 Å². The summed E-state index contributed by atoms with van der Waals surface area (Å²) in [6, 6.07) is 17.5. The normalized spacial score (nSPS) is 9.81. The molecule has 2 aromatic carbocycles. The Balaban J connectivity index is 0.000000640. The van der Waals surface area contributed by atoms with Gasteiger partial charge in [-0.1, -0.05) is 48.5 Å². The van der Waals surface area contributed by atoms with Gasteiger partial charge in [0.05, 0.1) is 0 Å². The molecular formula is C13H11Ce2P. The van der Waals surface area contributed by atoms with Crippen molar-refractivity contribution >= 4 is 28.5 Å². The van der Waals surface area contributed by atoms with E-state index in [1.807, 2.05) is 0 Å². The maximum absolute atomic E-state index is 2.35. The van der Waals surface area contributed by atoms with E-state index in [0.29, 0.717) is 0 Å². The molecule has 0 spiro atoms. The number of fused-ring (bicyclic) bond motifs is 3. The minimum atomic E-state index is -0.0967. The summed E-state index contributed by atoms with van der Waals surface area (Å²) in [7, 11) is -0.0967. The third-order valence-corrected chi connectivity index (χ3v) is 5.05. The van der Waals surface area contributed by atoms with Gasteiger partial charge in [0.25, 0.3) is 0 Å². The van der Waals surface area contributed by atoms with Crippen LogP contribution in [-0.4, -0.2) is 0 Å². The predicted octanol–water partition coefficient (Wildman–Crippen LogP) is 4.52. The van der Waals surface area contributed by atoms with Gasteiger partial charge in [0, 0.05) is 93.7 Å². The largest absolute Gasteiger partial charge is 0.112 e. The van der Waals surface area contributed by atoms with E-state index < -0.39 is 0 Å². The predicted molar refractivity (Wildman–Crippen MR) is 65.1 cm³/mol. The van der Waals surface area contributed by atoms with Crippen molar-refractivity contribution < 1.29 is 83.5 Å². The monoisotopic (exact) mass is 478 g/mol. The molecule has 76 valence electrons. The third-order valence-electron chi connectivity index (χ3n) is 2.82. The van der Waals surface area contributed by atoms with Crippen LogP contribution in [0.5, 0.6) is 0 Å². The van der Waals surface area contributed by atoms with Gasteiger partial charge in [-0.25, -0.2) is 0 Å². The number of aryl methyl sites for hydroxylation is 1. The molecule has 0 saturated carbocycles. The number of hydrogen-bond acceptors (Lipinski definition) is 0. The van der Waals surface area contributed by atoms with Crippen LogP contribution in [0.25, 0.3) is 21.0 Å². The topological polar surface area (TPSA) is 0 Å². The van der Waals surface area contributed by atoms with Gasteiger partial charge in [-0.05, 0) is 17.4 Å². The zero-order valence-corrected chi connectivity index (χ0v) is 16.2. The van der Waals surface area contributed by atoms with Crippen LogP contribution < -0.4 is 0 Å². The molecule has 0 fully saturated rings. The van der Waals surface area contributed by atoms with Crippen molar-refractivity contribution in [3.63, 3.8) is 0 Å². The molecule has 3 rings (SSSR count). The van der Waals surface area contributed by atoms with Crippen molar-refractivity contribution in [1.82, 2.24) is 0 Å². The van der Waals surface area contributed by atoms with E-state index in [9.17, 15) is 0 Å². The van der Waals surface area contributed by atoms with Gasteiger partial charge in [-0.15, -0.1) is 7.53 Å². The van der Waals surface area contributed by atoms with Crippen LogP contribution in [0.1, 0.15) is 0 Å². The summed E-state index contributed by atoms with van der Waals surface area (Å²) in [5, 5.41) is 5.95. The average molecular weight is 478 g/mol. The first-order valence-electron chi connectivity index (χ1n) is 4.80. The second-order valence-electron chi connectivity index (χ2n) is 3.59. The number of hydrogen-bond donors (Lipinski definition) is 0. The molecule has 0 atom stereocenters. The zero-order valence-electron chi connectivity index (χ0n) is 9.07. The van der Waals surface area contributed by atoms with E-state index in [-0.39, 0.29) is 91.0 Å². The summed E-state index contributed by atoms with van der Waals surface area (Å²) in [5.74, 6) is 0. The Labute approximate surface area is 164 Å². The summed E-state index contributed by atoms with van der Waals surface area (Å²) < 4.78 is 0. The molecule has 0 saturated heterocycles. The molecule has 0 aliphatic carbocycles. The Morgan fingerprint density at radius 1 is 0.688 bits per heavy atom. The van der Waals surface area contributed by atoms with Crippen LogP contribution in [0.4, 0.5) is 0 Å². The maximum atomic E-state index is 2.35. The molecule has 1 aromatic heterocycles. The zero-order chi connectivity index (χ0) is 9.54. The minimum Gasteiger partial charge on any atom is -0.112 e. The summed E-state index contributed by atoms with van der Waals surface area (Å²) in [6.45, 7) is 2.35. The quantitative estimate of drug-likeness (QED) is 0.446. The van der Waals surface area contributed by atoms with Gasteiger partial charge in [0.1, 0.15) is 0 Å². The van der Waals surface area contributed by atoms with E-state index in [2.05, 4.69) is 55.2 Å². The molecule has 0 aliphatic rings. The Kier molecular flexibility index (Phi) is 6.41. The summed E-state index contributed by atoms with van der Waals surface area (Å²) >= 11 is 0. The molecule has 16 heavy (non-hydrogen) atoms. The molecule has 0 radical (unpaired) electrons. The van der Waals surface area contributed by atoms with Crippen LogP contribution in [0, 0.1) is 83.5 Å². The van der Waals surface area contributed by atoms with Crippen molar-refractivity contribution in [2.45, 2.75) is 0 Å². The number of benzene rings is 2. The molecule has 0 bridgehead atoms. The standard InChI is InChI=1S/C13H11P.2Ce/c1-14-12-8-4-2-6-10(12)11-7-3-5-9-13(11)14;;/h2-9H,1H3;;. The SMILES string of the molecule is Cp1c2ccccc2c2ccccc21.[Ce].[Ce]. The Morgan fingerprint density at radius 2 is 1.06 bits per heavy atom. The number of rotatable bonds is 0. The first kappa shape index (κ1) is 15.6. The van der Waals surface area contributed by atoms with Gasteiger partial charge in [-0.3, -0.25) is 0 Å². The van der Waals surface area contributed by atoms with Gasteiger partial charge in [-0.2, -0.15) is 0 Å². The second kappa shape index (κ2) is 6.60. The fourth-order valence-electron chi connectivity index (χ4n) is 2.12. The Hall–Kier alpha value is 1.49. The van der Waals surface area contributed by atoms with Crippen molar-refractivity contribution in [3.05, 3.63) is 48.5 Å². The van der Waals surface area contributed by atoms with Crippen LogP contribution in [0.15, 0.2) is 48.5 Å². The van der Waals surface area contributed by atoms with E-state index in [0.717, 1.165) is 0 Å². The van der Waals surface area contributed by atoms with Gasteiger partial charge >= 0.3 is 0 Å². The van der Waals surface area contributed by atoms with Crippen molar-refractivity contribution in [2.24, 2.45) is 6.66 Å². The molecule has 0 amide bonds. The van der Waals surface area contributed by atoms with Crippen molar-refractivity contribution in [3.8, 4) is 0 Å². The molecular weight excluding hydrogens is 467 g/mol. The summed E-state index contributed by atoms with van der Waals surface area (Å²) in [5.41, 5.74) is 0. The fraction of sp³-hybridized carbons (Fsp3) is 0.0769. The van der Waals surface area contributed by atoms with Crippen LogP contribution in [0.2, 0.25) is 0 Å². The summed E-state index contributed by atoms with van der Waals surface area (Å²) in [6.07, 6.45) is 0. The van der Waals surface area contributed by atoms with Crippen molar-refractivity contribution in [1.29, 1.82) is 0 Å². The maximum Gasteiger partial charge on any atom is 0.00211 e. The molecule has 1 heterocycles. The van der Waals surface area contributed by atoms with Gasteiger partial charge < -0.3 is 0 Å². The Morgan fingerprint density at radius 3 is 1.50 bits per heavy atom. The van der Waals surface area contributed by atoms with E-state index in [4.69, 9.17) is 0 Å². The van der Waals surface area contributed by atoms with Gasteiger partial charge in [0.2, 0.25) is 0 Å². The minimum absolute atomic E-state index is 0. The first-order chi connectivity index (χ1) is 6.88.